The molecule has 0 aliphatic rings. The minimum absolute atomic E-state index is 0. The number of rotatable bonds is 2. The van der Waals surface area contributed by atoms with Crippen LogP contribution in [0.2, 0.25) is 0 Å². The lowest BCUT2D eigenvalue weighted by Crippen LogP contribution is -2.18. The molecule has 2 aromatic carbocycles. The molecule has 0 heterocycles. The summed E-state index contributed by atoms with van der Waals surface area (Å²) >= 11 is 0. The Morgan fingerprint density at radius 3 is 1.25 bits per heavy atom. The van der Waals surface area contributed by atoms with Gasteiger partial charge in [0, 0.05) is 5.41 Å². The number of hydrogen-bond donors (Lipinski definition) is 0. The van der Waals surface area contributed by atoms with Crippen molar-refractivity contribution in [1.29, 1.82) is 0 Å². The second-order valence-electron chi connectivity index (χ2n) is 4.36. The lowest BCUT2D eigenvalue weighted by Gasteiger charge is -2.25. The van der Waals surface area contributed by atoms with Gasteiger partial charge in [0.15, 0.2) is 0 Å². The molecule has 0 aliphatic carbocycles. The van der Waals surface area contributed by atoms with Crippen molar-refractivity contribution in [3.8, 4) is 0 Å². The van der Waals surface area contributed by atoms with E-state index < -0.39 is 0 Å². The lowest BCUT2D eigenvalue weighted by molar-refractivity contribution is 0.641. The van der Waals surface area contributed by atoms with Crippen molar-refractivity contribution >= 4 is 9.90 Å². The van der Waals surface area contributed by atoms with Crippen LogP contribution in [0.5, 0.6) is 0 Å². The average Bonchev–Trinajstić information content (AvgIpc) is 2.31. The first-order chi connectivity index (χ1) is 7.21. The van der Waals surface area contributed by atoms with Gasteiger partial charge in [0.2, 0.25) is 0 Å². The Morgan fingerprint density at radius 1 is 0.625 bits per heavy atom. The van der Waals surface area contributed by atoms with Crippen LogP contribution in [0.3, 0.4) is 0 Å². The minimum atomic E-state index is 0. The molecular weight excluding hydrogens is 211 g/mol. The van der Waals surface area contributed by atoms with E-state index in [1.165, 1.54) is 11.1 Å². The second-order valence-corrected chi connectivity index (χ2v) is 4.36. The van der Waals surface area contributed by atoms with Crippen LogP contribution in [0, 0.1) is 0 Å². The zero-order valence-electron chi connectivity index (χ0n) is 9.98. The van der Waals surface area contributed by atoms with Gasteiger partial charge in [0.25, 0.3) is 0 Å². The highest BCUT2D eigenvalue weighted by Gasteiger charge is 2.21. The Kier molecular flexibility index (Phi) is 4.26. The Balaban J connectivity index is 0.00000128. The van der Waals surface area contributed by atoms with E-state index in [1.54, 1.807) is 0 Å². The summed E-state index contributed by atoms with van der Waals surface area (Å²) in [5.41, 5.74) is 2.80. The van der Waals surface area contributed by atoms with Gasteiger partial charge < -0.3 is 0 Å². The van der Waals surface area contributed by atoms with Crippen LogP contribution in [0.4, 0.5) is 0 Å². The van der Waals surface area contributed by atoms with Crippen molar-refractivity contribution in [2.24, 2.45) is 0 Å². The first-order valence-corrected chi connectivity index (χ1v) is 5.32. The fourth-order valence-electron chi connectivity index (χ4n) is 1.88. The van der Waals surface area contributed by atoms with Gasteiger partial charge in [-0.15, -0.1) is 0 Å². The highest BCUT2D eigenvalue weighted by atomic mass is 31.0. The molecule has 0 aromatic heterocycles. The molecule has 0 amide bonds. The van der Waals surface area contributed by atoms with E-state index in [4.69, 9.17) is 0 Å². The molecule has 1 heteroatoms. The first-order valence-electron chi connectivity index (χ1n) is 5.32. The molecule has 1 unspecified atom stereocenters. The topological polar surface area (TPSA) is 0 Å². The molecule has 0 saturated heterocycles. The molecule has 0 spiro atoms. The monoisotopic (exact) mass is 230 g/mol. The first kappa shape index (κ1) is 12.9. The van der Waals surface area contributed by atoms with Crippen LogP contribution in [0.1, 0.15) is 25.0 Å². The van der Waals surface area contributed by atoms with Gasteiger partial charge in [-0.05, 0) is 11.1 Å². The third-order valence-corrected chi connectivity index (χ3v) is 2.99. The zero-order chi connectivity index (χ0) is 10.7. The Hall–Kier alpha value is -1.13. The van der Waals surface area contributed by atoms with Crippen molar-refractivity contribution in [3.63, 3.8) is 0 Å². The van der Waals surface area contributed by atoms with E-state index in [-0.39, 0.29) is 15.3 Å². The van der Waals surface area contributed by atoms with E-state index in [0.29, 0.717) is 0 Å². The summed E-state index contributed by atoms with van der Waals surface area (Å²) in [6.45, 7) is 4.52. The molecule has 2 rings (SSSR count). The molecule has 0 fully saturated rings. The molecule has 0 aliphatic heterocycles. The molecule has 2 aromatic rings. The SMILES string of the molecule is CC(C)(c1ccccc1)c1ccccc1.P. The van der Waals surface area contributed by atoms with Crippen LogP contribution in [0.15, 0.2) is 60.7 Å². The molecule has 0 N–H and O–H groups in total. The van der Waals surface area contributed by atoms with Gasteiger partial charge in [-0.2, -0.15) is 9.90 Å². The Bertz CT molecular complexity index is 376. The summed E-state index contributed by atoms with van der Waals surface area (Å²) in [7, 11) is 0. The summed E-state index contributed by atoms with van der Waals surface area (Å²) < 4.78 is 0. The predicted molar refractivity (Wildman–Crippen MR) is 76.1 cm³/mol. The van der Waals surface area contributed by atoms with Crippen LogP contribution in [-0.2, 0) is 5.41 Å². The number of benzene rings is 2. The molecule has 84 valence electrons. The van der Waals surface area contributed by atoms with Gasteiger partial charge in [-0.3, -0.25) is 0 Å². The van der Waals surface area contributed by atoms with Gasteiger partial charge in [0.05, 0.1) is 0 Å². The second kappa shape index (κ2) is 5.27. The summed E-state index contributed by atoms with van der Waals surface area (Å²) in [5.74, 6) is 0. The molecule has 1 atom stereocenters. The fraction of sp³-hybridized carbons (Fsp3) is 0.200. The van der Waals surface area contributed by atoms with Gasteiger partial charge in [-0.25, -0.2) is 0 Å². The standard InChI is InChI=1S/C15H16.H3P/c1-15(2,13-9-5-3-6-10-13)14-11-7-4-8-12-14;/h3-12H,1-2H3;1H3. The summed E-state index contributed by atoms with van der Waals surface area (Å²) in [4.78, 5) is 0. The smallest absolute Gasteiger partial charge is 0.0146 e. The van der Waals surface area contributed by atoms with Crippen LogP contribution >= 0.6 is 9.90 Å². The molecule has 0 bridgehead atoms. The maximum absolute atomic E-state index is 2.26. The maximum Gasteiger partial charge on any atom is 0.0146 e. The average molecular weight is 230 g/mol. The van der Waals surface area contributed by atoms with Crippen molar-refractivity contribution in [2.75, 3.05) is 0 Å². The fourth-order valence-corrected chi connectivity index (χ4v) is 1.88. The van der Waals surface area contributed by atoms with Crippen molar-refractivity contribution in [2.45, 2.75) is 19.3 Å². The van der Waals surface area contributed by atoms with E-state index in [1.807, 2.05) is 0 Å². The maximum atomic E-state index is 2.26. The highest BCUT2D eigenvalue weighted by Crippen LogP contribution is 2.30. The van der Waals surface area contributed by atoms with Crippen molar-refractivity contribution in [3.05, 3.63) is 71.8 Å². The predicted octanol–water partition coefficient (Wildman–Crippen LogP) is 4.07. The summed E-state index contributed by atoms with van der Waals surface area (Å²) in [6, 6.07) is 21.3. The van der Waals surface area contributed by atoms with E-state index in [0.717, 1.165) is 0 Å². The van der Waals surface area contributed by atoms with Gasteiger partial charge >= 0.3 is 0 Å². The molecule has 0 saturated carbocycles. The van der Waals surface area contributed by atoms with Crippen LogP contribution in [-0.4, -0.2) is 0 Å². The third kappa shape index (κ3) is 2.51. The summed E-state index contributed by atoms with van der Waals surface area (Å²) in [5, 5.41) is 0. The normalized spacial score (nSPS) is 10.6. The van der Waals surface area contributed by atoms with E-state index in [9.17, 15) is 0 Å². The zero-order valence-corrected chi connectivity index (χ0v) is 11.4. The van der Waals surface area contributed by atoms with Crippen molar-refractivity contribution in [1.82, 2.24) is 0 Å². The van der Waals surface area contributed by atoms with E-state index >= 15 is 0 Å². The molecular formula is C15H19P. The number of hydrogen-bond acceptors (Lipinski definition) is 0. The summed E-state index contributed by atoms with van der Waals surface area (Å²) in [6.07, 6.45) is 0. The van der Waals surface area contributed by atoms with E-state index in [2.05, 4.69) is 74.5 Å². The molecule has 16 heavy (non-hydrogen) atoms. The van der Waals surface area contributed by atoms with Crippen LogP contribution in [0.25, 0.3) is 0 Å². The molecule has 0 radical (unpaired) electrons. The third-order valence-electron chi connectivity index (χ3n) is 2.99. The van der Waals surface area contributed by atoms with Crippen LogP contribution < -0.4 is 0 Å². The minimum Gasteiger partial charge on any atom is -0.153 e. The Morgan fingerprint density at radius 2 is 0.938 bits per heavy atom. The van der Waals surface area contributed by atoms with Crippen molar-refractivity contribution < 1.29 is 0 Å². The quantitative estimate of drug-likeness (QED) is 0.682. The van der Waals surface area contributed by atoms with Gasteiger partial charge in [-0.1, -0.05) is 74.5 Å². The lowest BCUT2D eigenvalue weighted by atomic mass is 9.78. The highest BCUT2D eigenvalue weighted by molar-refractivity contribution is 6.92. The van der Waals surface area contributed by atoms with Gasteiger partial charge in [0.1, 0.15) is 0 Å². The molecule has 0 nitrogen and oxygen atoms in total. The largest absolute Gasteiger partial charge is 0.153 e. The Labute approximate surface area is 101 Å².